The molecular formula is C26H34N2O3. The molecule has 0 saturated heterocycles. The van der Waals surface area contributed by atoms with Crippen LogP contribution in [0.3, 0.4) is 0 Å². The van der Waals surface area contributed by atoms with Gasteiger partial charge in [-0.3, -0.25) is 4.79 Å². The molecule has 0 radical (unpaired) electrons. The molecule has 1 atom stereocenters. The number of carbonyl (C=O) groups excluding carboxylic acids is 2. The molecule has 5 heteroatoms. The lowest BCUT2D eigenvalue weighted by atomic mass is 9.75. The van der Waals surface area contributed by atoms with Crippen LogP contribution in [0.4, 0.5) is 5.69 Å². The Hall–Kier alpha value is -2.56. The summed E-state index contributed by atoms with van der Waals surface area (Å²) in [4.78, 5) is 28.6. The Morgan fingerprint density at radius 2 is 1.74 bits per heavy atom. The van der Waals surface area contributed by atoms with Gasteiger partial charge in [0.05, 0.1) is 5.57 Å². The zero-order valence-corrected chi connectivity index (χ0v) is 19.0. The molecule has 1 aromatic carbocycles. The number of carbonyl (C=O) groups is 2. The van der Waals surface area contributed by atoms with Gasteiger partial charge in [-0.25, -0.2) is 4.79 Å². The van der Waals surface area contributed by atoms with Gasteiger partial charge in [0, 0.05) is 48.1 Å². The lowest BCUT2D eigenvalue weighted by molar-refractivity contribution is -0.144. The van der Waals surface area contributed by atoms with E-state index in [2.05, 4.69) is 48.3 Å². The SMILES string of the molecule is CCN(CC)c1ccc(C2C(C(=O)OC3CCCC3)=C(C)NC3=C2C(=O)CCC3)cc1. The minimum Gasteiger partial charge on any atom is -0.459 e. The highest BCUT2D eigenvalue weighted by Gasteiger charge is 2.39. The second-order valence-electron chi connectivity index (χ2n) is 8.84. The van der Waals surface area contributed by atoms with Crippen molar-refractivity contribution in [3.8, 4) is 0 Å². The molecule has 1 N–H and O–H groups in total. The Morgan fingerprint density at radius 1 is 1.06 bits per heavy atom. The molecular weight excluding hydrogens is 388 g/mol. The topological polar surface area (TPSA) is 58.6 Å². The van der Waals surface area contributed by atoms with E-state index in [-0.39, 0.29) is 23.8 Å². The van der Waals surface area contributed by atoms with E-state index >= 15 is 0 Å². The molecule has 1 aromatic rings. The smallest absolute Gasteiger partial charge is 0.337 e. The molecule has 0 bridgehead atoms. The summed E-state index contributed by atoms with van der Waals surface area (Å²) in [7, 11) is 0. The zero-order valence-electron chi connectivity index (χ0n) is 19.0. The molecule has 4 rings (SSSR count). The molecule has 5 nitrogen and oxygen atoms in total. The van der Waals surface area contributed by atoms with Crippen LogP contribution < -0.4 is 10.2 Å². The number of anilines is 1. The number of ether oxygens (including phenoxy) is 1. The second kappa shape index (κ2) is 9.29. The fourth-order valence-electron chi connectivity index (χ4n) is 5.27. The maximum Gasteiger partial charge on any atom is 0.337 e. The normalized spacial score (nSPS) is 21.8. The summed E-state index contributed by atoms with van der Waals surface area (Å²) in [6.45, 7) is 8.10. The second-order valence-corrected chi connectivity index (χ2v) is 8.84. The minimum absolute atomic E-state index is 0.00377. The number of rotatable bonds is 6. The van der Waals surface area contributed by atoms with Crippen molar-refractivity contribution in [2.75, 3.05) is 18.0 Å². The highest BCUT2D eigenvalue weighted by molar-refractivity contribution is 6.03. The third-order valence-electron chi connectivity index (χ3n) is 6.93. The van der Waals surface area contributed by atoms with E-state index in [0.29, 0.717) is 12.0 Å². The van der Waals surface area contributed by atoms with E-state index in [4.69, 9.17) is 4.74 Å². The van der Waals surface area contributed by atoms with Crippen molar-refractivity contribution in [3.63, 3.8) is 0 Å². The average Bonchev–Trinajstić information content (AvgIpc) is 3.27. The number of esters is 1. The number of ketones is 1. The van der Waals surface area contributed by atoms with Crippen LogP contribution >= 0.6 is 0 Å². The molecule has 166 valence electrons. The van der Waals surface area contributed by atoms with Crippen LogP contribution in [0.5, 0.6) is 0 Å². The Balaban J connectivity index is 1.72. The number of allylic oxidation sites excluding steroid dienone is 3. The van der Waals surface area contributed by atoms with Crippen LogP contribution in [-0.2, 0) is 14.3 Å². The van der Waals surface area contributed by atoms with Crippen LogP contribution in [0, 0.1) is 0 Å². The Kier molecular flexibility index (Phi) is 6.49. The van der Waals surface area contributed by atoms with Crippen molar-refractivity contribution in [3.05, 3.63) is 52.4 Å². The van der Waals surface area contributed by atoms with E-state index in [9.17, 15) is 9.59 Å². The van der Waals surface area contributed by atoms with Crippen LogP contribution in [-0.4, -0.2) is 30.9 Å². The summed E-state index contributed by atoms with van der Waals surface area (Å²) in [5, 5.41) is 3.38. The standard InChI is InChI=1S/C26H34N2O3/c1-4-28(5-2)19-15-13-18(14-16-19)24-23(26(30)31-20-9-6-7-10-20)17(3)27-21-11-8-12-22(29)25(21)24/h13-16,20,24,27H,4-12H2,1-3H3. The third-order valence-corrected chi connectivity index (χ3v) is 6.93. The van der Waals surface area contributed by atoms with Crippen molar-refractivity contribution in [1.82, 2.24) is 5.32 Å². The summed E-state index contributed by atoms with van der Waals surface area (Å²) in [5.41, 5.74) is 5.28. The fourth-order valence-corrected chi connectivity index (χ4v) is 5.27. The van der Waals surface area contributed by atoms with E-state index < -0.39 is 0 Å². The van der Waals surface area contributed by atoms with Gasteiger partial charge in [0.15, 0.2) is 5.78 Å². The predicted octanol–water partition coefficient (Wildman–Crippen LogP) is 4.99. The van der Waals surface area contributed by atoms with Gasteiger partial charge in [-0.2, -0.15) is 0 Å². The van der Waals surface area contributed by atoms with Crippen LogP contribution in [0.1, 0.15) is 77.2 Å². The number of nitrogens with zero attached hydrogens (tertiary/aromatic N) is 1. The zero-order chi connectivity index (χ0) is 22.0. The summed E-state index contributed by atoms with van der Waals surface area (Å²) in [6, 6.07) is 8.36. The largest absolute Gasteiger partial charge is 0.459 e. The highest BCUT2D eigenvalue weighted by Crippen LogP contribution is 2.43. The molecule has 2 aliphatic carbocycles. The van der Waals surface area contributed by atoms with Gasteiger partial charge in [0.2, 0.25) is 0 Å². The molecule has 1 aliphatic heterocycles. The first kappa shape index (κ1) is 21.7. The van der Waals surface area contributed by atoms with E-state index in [1.165, 1.54) is 0 Å². The summed E-state index contributed by atoms with van der Waals surface area (Å²) in [6.07, 6.45) is 6.32. The number of benzene rings is 1. The molecule has 0 aromatic heterocycles. The van der Waals surface area contributed by atoms with Gasteiger partial charge >= 0.3 is 5.97 Å². The van der Waals surface area contributed by atoms with Crippen molar-refractivity contribution >= 4 is 17.4 Å². The molecule has 1 heterocycles. The van der Waals surface area contributed by atoms with Crippen molar-refractivity contribution in [2.45, 2.75) is 77.7 Å². The van der Waals surface area contributed by atoms with Crippen molar-refractivity contribution in [1.29, 1.82) is 0 Å². The van der Waals surface area contributed by atoms with E-state index in [0.717, 1.165) is 79.8 Å². The molecule has 1 unspecified atom stereocenters. The number of Topliss-reactive ketones (excluding diaryl/α,β-unsaturated/α-hetero) is 1. The Bertz CT molecular complexity index is 903. The Morgan fingerprint density at radius 3 is 2.39 bits per heavy atom. The first-order chi connectivity index (χ1) is 15.0. The van der Waals surface area contributed by atoms with Crippen molar-refractivity contribution < 1.29 is 14.3 Å². The molecule has 0 spiro atoms. The number of hydrogen-bond acceptors (Lipinski definition) is 5. The van der Waals surface area contributed by atoms with Gasteiger partial charge in [-0.1, -0.05) is 12.1 Å². The number of hydrogen-bond donors (Lipinski definition) is 1. The number of nitrogens with one attached hydrogen (secondary N) is 1. The minimum atomic E-state index is -0.358. The number of dihydropyridines is 1. The lowest BCUT2D eigenvalue weighted by Gasteiger charge is -2.34. The summed E-state index contributed by atoms with van der Waals surface area (Å²) in [5.74, 6) is -0.492. The summed E-state index contributed by atoms with van der Waals surface area (Å²) < 4.78 is 5.91. The molecule has 0 amide bonds. The Labute approximate surface area is 185 Å². The van der Waals surface area contributed by atoms with Gasteiger partial charge < -0.3 is 15.0 Å². The van der Waals surface area contributed by atoms with Gasteiger partial charge in [0.1, 0.15) is 6.10 Å². The molecule has 3 aliphatic rings. The van der Waals surface area contributed by atoms with Crippen LogP contribution in [0.25, 0.3) is 0 Å². The van der Waals surface area contributed by atoms with Crippen LogP contribution in [0.2, 0.25) is 0 Å². The quantitative estimate of drug-likeness (QED) is 0.655. The van der Waals surface area contributed by atoms with E-state index in [1.807, 2.05) is 6.92 Å². The molecule has 1 fully saturated rings. The fraction of sp³-hybridized carbons (Fsp3) is 0.538. The van der Waals surface area contributed by atoms with Gasteiger partial charge in [-0.05, 0) is 77.0 Å². The first-order valence-corrected chi connectivity index (χ1v) is 11.8. The van der Waals surface area contributed by atoms with Gasteiger partial charge in [0.25, 0.3) is 0 Å². The predicted molar refractivity (Wildman–Crippen MR) is 123 cm³/mol. The monoisotopic (exact) mass is 422 g/mol. The first-order valence-electron chi connectivity index (χ1n) is 11.8. The van der Waals surface area contributed by atoms with Crippen molar-refractivity contribution in [2.24, 2.45) is 0 Å². The van der Waals surface area contributed by atoms with Crippen LogP contribution in [0.15, 0.2) is 46.8 Å². The third kappa shape index (κ3) is 4.28. The van der Waals surface area contributed by atoms with E-state index in [1.54, 1.807) is 0 Å². The molecule has 31 heavy (non-hydrogen) atoms. The maximum atomic E-state index is 13.3. The van der Waals surface area contributed by atoms with Gasteiger partial charge in [-0.15, -0.1) is 0 Å². The molecule has 1 saturated carbocycles. The average molecular weight is 423 g/mol. The summed E-state index contributed by atoms with van der Waals surface area (Å²) >= 11 is 0. The lowest BCUT2D eigenvalue weighted by Crippen LogP contribution is -2.35. The highest BCUT2D eigenvalue weighted by atomic mass is 16.5. The maximum absolute atomic E-state index is 13.3.